The normalized spacial score (nSPS) is 11.8. The Labute approximate surface area is 56.7 Å². The van der Waals surface area contributed by atoms with Crippen molar-refractivity contribution < 1.29 is 14.6 Å². The summed E-state index contributed by atoms with van der Waals surface area (Å²) < 4.78 is 27.9. The third-order valence-electron chi connectivity index (χ3n) is 0.867. The van der Waals surface area contributed by atoms with E-state index in [1.54, 1.807) is 0 Å². The van der Waals surface area contributed by atoms with E-state index in [2.05, 4.69) is 9.46 Å². The van der Waals surface area contributed by atoms with Crippen LogP contribution in [0.2, 0.25) is 0 Å². The zero-order chi connectivity index (χ0) is 7.33. The highest BCUT2D eigenvalue weighted by molar-refractivity contribution is 7.89. The maximum Gasteiger partial charge on any atom is 0.213 e. The van der Waals surface area contributed by atoms with Gasteiger partial charge in [-0.1, -0.05) is 0 Å². The molecular weight excluding hydrogens is 142 g/mol. The standard InChI is InChI=1S/C4H11NO3S.H2/c1-5-9(6,7)4-3-8-2;/h5H,3-4H2,1-2H3;1H. The first-order valence-electron chi connectivity index (χ1n) is 2.52. The van der Waals surface area contributed by atoms with E-state index in [0.29, 0.717) is 0 Å². The van der Waals surface area contributed by atoms with Gasteiger partial charge in [0.2, 0.25) is 10.0 Å². The summed E-state index contributed by atoms with van der Waals surface area (Å²) in [5.41, 5.74) is 0. The Morgan fingerprint density at radius 1 is 1.67 bits per heavy atom. The first-order valence-corrected chi connectivity index (χ1v) is 4.18. The molecule has 0 atom stereocenters. The van der Waals surface area contributed by atoms with Gasteiger partial charge in [-0.25, -0.2) is 13.1 Å². The van der Waals surface area contributed by atoms with Gasteiger partial charge in [-0.15, -0.1) is 0 Å². The molecule has 0 fully saturated rings. The summed E-state index contributed by atoms with van der Waals surface area (Å²) in [7, 11) is -0.213. The Morgan fingerprint density at radius 2 is 2.22 bits per heavy atom. The van der Waals surface area contributed by atoms with Gasteiger partial charge in [0.25, 0.3) is 0 Å². The minimum Gasteiger partial charge on any atom is -0.384 e. The predicted octanol–water partition coefficient (Wildman–Crippen LogP) is -0.572. The highest BCUT2D eigenvalue weighted by atomic mass is 32.2. The van der Waals surface area contributed by atoms with Crippen molar-refractivity contribution in [3.63, 3.8) is 0 Å². The number of hydrogen-bond acceptors (Lipinski definition) is 3. The quantitative estimate of drug-likeness (QED) is 0.591. The van der Waals surface area contributed by atoms with Crippen molar-refractivity contribution in [3.05, 3.63) is 0 Å². The molecule has 0 aliphatic heterocycles. The van der Waals surface area contributed by atoms with Gasteiger partial charge in [-0.2, -0.15) is 0 Å². The molecule has 0 bridgehead atoms. The molecule has 0 saturated heterocycles. The fourth-order valence-electron chi connectivity index (χ4n) is 0.295. The van der Waals surface area contributed by atoms with Crippen molar-refractivity contribution in [2.75, 3.05) is 26.5 Å². The number of hydrogen-bond donors (Lipinski definition) is 1. The number of rotatable bonds is 4. The monoisotopic (exact) mass is 155 g/mol. The summed E-state index contributed by atoms with van der Waals surface area (Å²) in [6.45, 7) is 0.239. The van der Waals surface area contributed by atoms with Crippen LogP contribution in [0.25, 0.3) is 0 Å². The van der Waals surface area contributed by atoms with Crippen LogP contribution in [0.15, 0.2) is 0 Å². The van der Waals surface area contributed by atoms with E-state index in [1.165, 1.54) is 14.2 Å². The Hall–Kier alpha value is -0.130. The summed E-state index contributed by atoms with van der Waals surface area (Å²) in [5, 5.41) is 0. The van der Waals surface area contributed by atoms with E-state index >= 15 is 0 Å². The second-order valence-corrected chi connectivity index (χ2v) is 3.56. The van der Waals surface area contributed by atoms with Gasteiger partial charge in [0.15, 0.2) is 0 Å². The lowest BCUT2D eigenvalue weighted by Gasteiger charge is -1.98. The van der Waals surface area contributed by atoms with E-state index in [9.17, 15) is 8.42 Å². The third-order valence-corrected chi connectivity index (χ3v) is 2.19. The fourth-order valence-corrected chi connectivity index (χ4v) is 0.885. The largest absolute Gasteiger partial charge is 0.384 e. The van der Waals surface area contributed by atoms with Crippen LogP contribution >= 0.6 is 0 Å². The summed E-state index contributed by atoms with van der Waals surface area (Å²) in [4.78, 5) is 0. The van der Waals surface area contributed by atoms with Crippen LogP contribution in [-0.4, -0.2) is 34.9 Å². The molecule has 0 unspecified atom stereocenters. The molecule has 4 nitrogen and oxygen atoms in total. The number of ether oxygens (including phenoxy) is 1. The minimum atomic E-state index is -3.06. The molecule has 0 aliphatic rings. The van der Waals surface area contributed by atoms with Crippen molar-refractivity contribution in [3.8, 4) is 0 Å². The Balaban J connectivity index is 0. The zero-order valence-electron chi connectivity index (χ0n) is 5.55. The van der Waals surface area contributed by atoms with Crippen LogP contribution in [0, 0.1) is 0 Å². The SMILES string of the molecule is CNS(=O)(=O)CCOC.[HH]. The van der Waals surface area contributed by atoms with E-state index in [4.69, 9.17) is 0 Å². The molecule has 0 aliphatic carbocycles. The molecule has 0 aromatic heterocycles. The summed E-state index contributed by atoms with van der Waals surface area (Å²) in [6.07, 6.45) is 0. The summed E-state index contributed by atoms with van der Waals surface area (Å²) >= 11 is 0. The highest BCUT2D eigenvalue weighted by Gasteiger charge is 2.03. The molecule has 0 radical (unpaired) electrons. The highest BCUT2D eigenvalue weighted by Crippen LogP contribution is 1.80. The fraction of sp³-hybridized carbons (Fsp3) is 1.00. The predicted molar refractivity (Wildman–Crippen MR) is 36.8 cm³/mol. The molecule has 0 amide bonds. The summed E-state index contributed by atoms with van der Waals surface area (Å²) in [6, 6.07) is 0. The van der Waals surface area contributed by atoms with Gasteiger partial charge in [0, 0.05) is 8.54 Å². The van der Waals surface area contributed by atoms with Crippen molar-refractivity contribution in [1.29, 1.82) is 0 Å². The zero-order valence-corrected chi connectivity index (χ0v) is 6.36. The molecule has 5 heteroatoms. The van der Waals surface area contributed by atoms with Crippen LogP contribution in [0.4, 0.5) is 0 Å². The van der Waals surface area contributed by atoms with Crippen molar-refractivity contribution in [2.24, 2.45) is 0 Å². The van der Waals surface area contributed by atoms with Crippen LogP contribution in [-0.2, 0) is 14.8 Å². The number of nitrogens with one attached hydrogen (secondary N) is 1. The lowest BCUT2D eigenvalue weighted by molar-refractivity contribution is 0.217. The molecular formula is C4H13NO3S. The van der Waals surface area contributed by atoms with Gasteiger partial charge >= 0.3 is 0 Å². The van der Waals surface area contributed by atoms with Crippen molar-refractivity contribution in [2.45, 2.75) is 0 Å². The number of sulfonamides is 1. The molecule has 0 saturated carbocycles. The van der Waals surface area contributed by atoms with Gasteiger partial charge < -0.3 is 4.74 Å². The molecule has 58 valence electrons. The maximum atomic E-state index is 10.6. The summed E-state index contributed by atoms with van der Waals surface area (Å²) in [5.74, 6) is 0.0278. The Bertz CT molecular complexity index is 156. The van der Waals surface area contributed by atoms with Crippen LogP contribution in [0.1, 0.15) is 1.43 Å². The number of methoxy groups -OCH3 is 1. The van der Waals surface area contributed by atoms with Crippen LogP contribution in [0.3, 0.4) is 0 Å². The van der Waals surface area contributed by atoms with Gasteiger partial charge in [-0.05, 0) is 7.05 Å². The average Bonchev–Trinajstić information content (AvgIpc) is 1.84. The van der Waals surface area contributed by atoms with E-state index in [1.807, 2.05) is 0 Å². The molecule has 1 N–H and O–H groups in total. The molecule has 0 rings (SSSR count). The maximum absolute atomic E-state index is 10.6. The smallest absolute Gasteiger partial charge is 0.213 e. The average molecular weight is 155 g/mol. The van der Waals surface area contributed by atoms with Gasteiger partial charge in [0.1, 0.15) is 0 Å². The van der Waals surface area contributed by atoms with Crippen molar-refractivity contribution in [1.82, 2.24) is 4.72 Å². The second kappa shape index (κ2) is 3.81. The van der Waals surface area contributed by atoms with E-state index in [-0.39, 0.29) is 13.8 Å². The lowest BCUT2D eigenvalue weighted by atomic mass is 10.9. The first kappa shape index (κ1) is 8.87. The van der Waals surface area contributed by atoms with E-state index < -0.39 is 10.0 Å². The van der Waals surface area contributed by atoms with E-state index in [0.717, 1.165) is 0 Å². The Morgan fingerprint density at radius 3 is 2.56 bits per heavy atom. The molecule has 0 aromatic rings. The van der Waals surface area contributed by atoms with Gasteiger partial charge in [-0.3, -0.25) is 0 Å². The topological polar surface area (TPSA) is 55.4 Å². The molecule has 0 aromatic carbocycles. The van der Waals surface area contributed by atoms with Crippen LogP contribution < -0.4 is 4.72 Å². The van der Waals surface area contributed by atoms with Crippen molar-refractivity contribution >= 4 is 10.0 Å². The lowest BCUT2D eigenvalue weighted by Crippen LogP contribution is -2.24. The molecule has 9 heavy (non-hydrogen) atoms. The first-order chi connectivity index (χ1) is 4.12. The Kier molecular flexibility index (Phi) is 3.76. The van der Waals surface area contributed by atoms with Gasteiger partial charge in [0.05, 0.1) is 12.4 Å². The second-order valence-electron chi connectivity index (χ2n) is 1.52. The third kappa shape index (κ3) is 4.38. The molecule has 0 heterocycles. The van der Waals surface area contributed by atoms with Crippen LogP contribution in [0.5, 0.6) is 0 Å². The molecule has 0 spiro atoms. The minimum absolute atomic E-state index is 0.